The van der Waals surface area contributed by atoms with Crippen molar-refractivity contribution in [3.8, 4) is 28.0 Å². The molecule has 0 spiro atoms. The number of aliphatic hydroxyl groups excluding tert-OH is 2. The van der Waals surface area contributed by atoms with Gasteiger partial charge in [0.05, 0.1) is 11.5 Å². The molecule has 6 nitrogen and oxygen atoms in total. The summed E-state index contributed by atoms with van der Waals surface area (Å²) in [5.74, 6) is 2.33. The summed E-state index contributed by atoms with van der Waals surface area (Å²) in [4.78, 5) is 2.35. The van der Waals surface area contributed by atoms with E-state index in [9.17, 15) is 5.11 Å². The zero-order chi connectivity index (χ0) is 21.8. The lowest BCUT2D eigenvalue weighted by Crippen LogP contribution is -2.22. The van der Waals surface area contributed by atoms with E-state index in [0.29, 0.717) is 17.7 Å². The van der Waals surface area contributed by atoms with Crippen LogP contribution in [0.3, 0.4) is 0 Å². The van der Waals surface area contributed by atoms with Crippen molar-refractivity contribution in [2.24, 2.45) is 5.92 Å². The number of aryl methyl sites for hydroxylation is 3. The van der Waals surface area contributed by atoms with E-state index in [1.165, 1.54) is 10.4 Å². The number of aliphatic hydroxyl groups is 2. The minimum absolute atomic E-state index is 0.0465. The summed E-state index contributed by atoms with van der Waals surface area (Å²) in [7, 11) is 0. The molecule has 2 N–H and O–H groups in total. The third-order valence-electron chi connectivity index (χ3n) is 4.86. The second-order valence-electron chi connectivity index (χ2n) is 8.01. The minimum atomic E-state index is -0.901. The van der Waals surface area contributed by atoms with Gasteiger partial charge in [-0.3, -0.25) is 0 Å². The largest absolute Gasteiger partial charge is 0.490 e. The fourth-order valence-electron chi connectivity index (χ4n) is 3.31. The van der Waals surface area contributed by atoms with Gasteiger partial charge in [-0.05, 0) is 67.5 Å². The molecule has 30 heavy (non-hydrogen) atoms. The van der Waals surface area contributed by atoms with Crippen molar-refractivity contribution in [2.45, 2.75) is 53.6 Å². The van der Waals surface area contributed by atoms with Gasteiger partial charge in [-0.25, -0.2) is 0 Å². The average molecular weight is 431 g/mol. The first-order valence-electron chi connectivity index (χ1n) is 10.3. The van der Waals surface area contributed by atoms with Crippen LogP contribution in [0.15, 0.2) is 22.6 Å². The van der Waals surface area contributed by atoms with Crippen LogP contribution in [0.1, 0.15) is 42.3 Å². The van der Waals surface area contributed by atoms with Crippen LogP contribution in [0.25, 0.3) is 22.2 Å². The van der Waals surface area contributed by atoms with Crippen LogP contribution in [0.5, 0.6) is 5.75 Å². The Labute approximate surface area is 181 Å². The van der Waals surface area contributed by atoms with Gasteiger partial charge < -0.3 is 19.4 Å². The zero-order valence-corrected chi connectivity index (χ0v) is 19.0. The van der Waals surface area contributed by atoms with Gasteiger partial charge in [0.15, 0.2) is 0 Å². The predicted octanol–water partition coefficient (Wildman–Crippen LogP) is 4.57. The number of aromatic nitrogens is 2. The van der Waals surface area contributed by atoms with Gasteiger partial charge in [0, 0.05) is 10.4 Å². The smallest absolute Gasteiger partial charge is 0.258 e. The Kier molecular flexibility index (Phi) is 7.28. The molecule has 0 saturated carbocycles. The van der Waals surface area contributed by atoms with E-state index in [0.717, 1.165) is 40.2 Å². The molecule has 0 radical (unpaired) electrons. The highest BCUT2D eigenvalue weighted by Gasteiger charge is 2.18. The Balaban J connectivity index is 1.87. The SMILES string of the molecule is CCc1cc(-c2nnc(-c3cc(C)c(CC(C)C)s3)o2)cc(C)c1OC[C@@H](O)CO. The summed E-state index contributed by atoms with van der Waals surface area (Å²) in [6.07, 6.45) is 0.897. The normalized spacial score (nSPS) is 12.5. The van der Waals surface area contributed by atoms with Gasteiger partial charge >= 0.3 is 0 Å². The minimum Gasteiger partial charge on any atom is -0.490 e. The lowest BCUT2D eigenvalue weighted by molar-refractivity contribution is 0.0531. The highest BCUT2D eigenvalue weighted by atomic mass is 32.1. The molecule has 0 amide bonds. The van der Waals surface area contributed by atoms with E-state index >= 15 is 0 Å². The van der Waals surface area contributed by atoms with Crippen LogP contribution in [0.2, 0.25) is 0 Å². The Bertz CT molecular complexity index is 993. The highest BCUT2D eigenvalue weighted by Crippen LogP contribution is 2.35. The molecule has 1 aromatic carbocycles. The Morgan fingerprint density at radius 3 is 2.50 bits per heavy atom. The zero-order valence-electron chi connectivity index (χ0n) is 18.2. The molecule has 0 aliphatic rings. The van der Waals surface area contributed by atoms with Crippen molar-refractivity contribution in [3.05, 3.63) is 39.8 Å². The maximum Gasteiger partial charge on any atom is 0.258 e. The Hall–Kier alpha value is -2.22. The third kappa shape index (κ3) is 5.09. The van der Waals surface area contributed by atoms with Gasteiger partial charge in [-0.1, -0.05) is 20.8 Å². The Morgan fingerprint density at radius 1 is 1.10 bits per heavy atom. The molecule has 162 valence electrons. The van der Waals surface area contributed by atoms with Crippen LogP contribution in [0.4, 0.5) is 0 Å². The van der Waals surface area contributed by atoms with Crippen molar-refractivity contribution < 1.29 is 19.4 Å². The first-order valence-corrected chi connectivity index (χ1v) is 11.1. The summed E-state index contributed by atoms with van der Waals surface area (Å²) >= 11 is 1.71. The molecule has 0 bridgehead atoms. The van der Waals surface area contributed by atoms with Crippen molar-refractivity contribution in [3.63, 3.8) is 0 Å². The fraction of sp³-hybridized carbons (Fsp3) is 0.478. The highest BCUT2D eigenvalue weighted by molar-refractivity contribution is 7.15. The summed E-state index contributed by atoms with van der Waals surface area (Å²) < 4.78 is 11.8. The monoisotopic (exact) mass is 430 g/mol. The van der Waals surface area contributed by atoms with Crippen LogP contribution >= 0.6 is 11.3 Å². The van der Waals surface area contributed by atoms with E-state index in [1.54, 1.807) is 11.3 Å². The number of hydrogen-bond acceptors (Lipinski definition) is 7. The van der Waals surface area contributed by atoms with E-state index in [2.05, 4.69) is 37.0 Å². The lowest BCUT2D eigenvalue weighted by Gasteiger charge is -2.16. The van der Waals surface area contributed by atoms with E-state index < -0.39 is 6.10 Å². The van der Waals surface area contributed by atoms with Crippen molar-refractivity contribution in [1.82, 2.24) is 10.2 Å². The number of benzene rings is 1. The molecule has 0 saturated heterocycles. The second kappa shape index (κ2) is 9.73. The van der Waals surface area contributed by atoms with Crippen molar-refractivity contribution in [2.75, 3.05) is 13.2 Å². The lowest BCUT2D eigenvalue weighted by atomic mass is 10.0. The molecular formula is C23H30N2O4S. The van der Waals surface area contributed by atoms with Crippen molar-refractivity contribution in [1.29, 1.82) is 0 Å². The van der Waals surface area contributed by atoms with Crippen LogP contribution in [-0.2, 0) is 12.8 Å². The number of nitrogens with zero attached hydrogens (tertiary/aromatic N) is 2. The van der Waals surface area contributed by atoms with Crippen molar-refractivity contribution >= 4 is 11.3 Å². The van der Waals surface area contributed by atoms with Gasteiger partial charge in [0.25, 0.3) is 5.89 Å². The molecule has 0 unspecified atom stereocenters. The van der Waals surface area contributed by atoms with Gasteiger partial charge in [-0.15, -0.1) is 21.5 Å². The third-order valence-corrected chi connectivity index (χ3v) is 6.11. The quantitative estimate of drug-likeness (QED) is 0.517. The standard InChI is InChI=1S/C23H30N2O4S/c1-6-16-10-17(8-15(5)21(16)28-12-18(27)11-26)22-24-25-23(29-22)20-9-14(4)19(30-20)7-13(2)3/h8-10,13,18,26-27H,6-7,11-12H2,1-5H3/t18-/m0/s1. The summed E-state index contributed by atoms with van der Waals surface area (Å²) in [5.41, 5.74) is 4.01. The molecule has 0 fully saturated rings. The van der Waals surface area contributed by atoms with Gasteiger partial charge in [0.1, 0.15) is 18.5 Å². The fourth-order valence-corrected chi connectivity index (χ4v) is 4.62. The molecular weight excluding hydrogens is 400 g/mol. The van der Waals surface area contributed by atoms with E-state index in [1.807, 2.05) is 26.0 Å². The molecule has 2 heterocycles. The number of rotatable bonds is 9. The van der Waals surface area contributed by atoms with Crippen LogP contribution < -0.4 is 4.74 Å². The summed E-state index contributed by atoms with van der Waals surface area (Å²) in [5, 5.41) is 27.1. The van der Waals surface area contributed by atoms with Gasteiger partial charge in [0.2, 0.25) is 5.89 Å². The Morgan fingerprint density at radius 2 is 1.83 bits per heavy atom. The molecule has 0 aliphatic heterocycles. The van der Waals surface area contributed by atoms with Crippen LogP contribution in [0, 0.1) is 19.8 Å². The molecule has 3 aromatic rings. The first-order chi connectivity index (χ1) is 14.3. The van der Waals surface area contributed by atoms with E-state index in [4.69, 9.17) is 14.3 Å². The topological polar surface area (TPSA) is 88.6 Å². The molecule has 7 heteroatoms. The average Bonchev–Trinajstić information content (AvgIpc) is 3.33. The molecule has 1 atom stereocenters. The number of ether oxygens (including phenoxy) is 1. The molecule has 2 aromatic heterocycles. The molecule has 3 rings (SSSR count). The second-order valence-corrected chi connectivity index (χ2v) is 9.15. The summed E-state index contributed by atoms with van der Waals surface area (Å²) in [6, 6.07) is 6.04. The summed E-state index contributed by atoms with van der Waals surface area (Å²) in [6.45, 7) is 10.3. The first kappa shape index (κ1) is 22.5. The predicted molar refractivity (Wildman–Crippen MR) is 119 cm³/mol. The maximum absolute atomic E-state index is 9.58. The maximum atomic E-state index is 9.58. The van der Waals surface area contributed by atoms with E-state index in [-0.39, 0.29) is 13.2 Å². The number of thiophene rings is 1. The molecule has 0 aliphatic carbocycles. The van der Waals surface area contributed by atoms with Gasteiger partial charge in [-0.2, -0.15) is 0 Å². The van der Waals surface area contributed by atoms with Crippen LogP contribution in [-0.4, -0.2) is 39.7 Å². The number of hydrogen-bond donors (Lipinski definition) is 2.